The van der Waals surface area contributed by atoms with E-state index in [0.29, 0.717) is 29.3 Å². The molecule has 0 saturated heterocycles. The molecular weight excluding hydrogens is 382 g/mol. The van der Waals surface area contributed by atoms with E-state index in [0.717, 1.165) is 12.0 Å². The molecule has 7 heteroatoms. The Morgan fingerprint density at radius 3 is 2.37 bits per heavy atom. The lowest BCUT2D eigenvalue weighted by molar-refractivity contribution is -0.384. The Balaban J connectivity index is 1.54. The van der Waals surface area contributed by atoms with E-state index in [1.807, 2.05) is 13.0 Å². The lowest BCUT2D eigenvalue weighted by Crippen LogP contribution is -2.15. The number of hydrogen-bond donors (Lipinski definition) is 2. The summed E-state index contributed by atoms with van der Waals surface area (Å²) in [6, 6.07) is 10.8. The van der Waals surface area contributed by atoms with Gasteiger partial charge in [0.1, 0.15) is 0 Å². The number of amides is 2. The Hall–Kier alpha value is -3.22. The van der Waals surface area contributed by atoms with Crippen molar-refractivity contribution in [1.29, 1.82) is 0 Å². The highest BCUT2D eigenvalue weighted by Gasteiger charge is 2.15. The number of aryl methyl sites for hydroxylation is 1. The number of nitro groups is 1. The van der Waals surface area contributed by atoms with Gasteiger partial charge in [0.25, 0.3) is 11.6 Å². The van der Waals surface area contributed by atoms with Gasteiger partial charge >= 0.3 is 0 Å². The Morgan fingerprint density at radius 1 is 1.03 bits per heavy atom. The van der Waals surface area contributed by atoms with Crippen LogP contribution in [-0.4, -0.2) is 16.7 Å². The minimum absolute atomic E-state index is 0.0163. The molecule has 3 rings (SSSR count). The van der Waals surface area contributed by atoms with Crippen LogP contribution >= 0.6 is 0 Å². The summed E-state index contributed by atoms with van der Waals surface area (Å²) in [6.07, 6.45) is 7.80. The molecular formula is C23H27N3O4. The Bertz CT molecular complexity index is 919. The predicted molar refractivity (Wildman–Crippen MR) is 117 cm³/mol. The van der Waals surface area contributed by atoms with Gasteiger partial charge in [0.15, 0.2) is 0 Å². The van der Waals surface area contributed by atoms with E-state index < -0.39 is 4.92 Å². The molecule has 0 heterocycles. The number of carbonyl (C=O) groups excluding carboxylic acids is 2. The van der Waals surface area contributed by atoms with E-state index in [1.165, 1.54) is 56.4 Å². The monoisotopic (exact) mass is 409 g/mol. The van der Waals surface area contributed by atoms with Crippen molar-refractivity contribution in [2.45, 2.75) is 51.9 Å². The first kappa shape index (κ1) is 21.5. The van der Waals surface area contributed by atoms with Crippen LogP contribution in [0.5, 0.6) is 0 Å². The largest absolute Gasteiger partial charge is 0.326 e. The van der Waals surface area contributed by atoms with Gasteiger partial charge in [0.05, 0.1) is 4.92 Å². The lowest BCUT2D eigenvalue weighted by Gasteiger charge is -2.21. The molecule has 30 heavy (non-hydrogen) atoms. The summed E-state index contributed by atoms with van der Waals surface area (Å²) in [4.78, 5) is 34.9. The van der Waals surface area contributed by atoms with Gasteiger partial charge in [0, 0.05) is 35.5 Å². The van der Waals surface area contributed by atoms with Crippen LogP contribution in [-0.2, 0) is 4.79 Å². The van der Waals surface area contributed by atoms with Crippen LogP contribution in [0.15, 0.2) is 42.5 Å². The van der Waals surface area contributed by atoms with Crippen molar-refractivity contribution in [2.24, 2.45) is 5.92 Å². The van der Waals surface area contributed by atoms with Crippen molar-refractivity contribution in [1.82, 2.24) is 0 Å². The van der Waals surface area contributed by atoms with Gasteiger partial charge in [-0.25, -0.2) is 0 Å². The van der Waals surface area contributed by atoms with Crippen molar-refractivity contribution in [3.8, 4) is 0 Å². The molecule has 1 aliphatic rings. The molecule has 1 fully saturated rings. The molecule has 1 saturated carbocycles. The van der Waals surface area contributed by atoms with Crippen LogP contribution in [0.1, 0.15) is 60.9 Å². The highest BCUT2D eigenvalue weighted by molar-refractivity contribution is 6.05. The van der Waals surface area contributed by atoms with Gasteiger partial charge in [-0.3, -0.25) is 19.7 Å². The number of carbonyl (C=O) groups is 2. The van der Waals surface area contributed by atoms with Crippen LogP contribution in [0.4, 0.5) is 17.1 Å². The number of anilines is 2. The first-order chi connectivity index (χ1) is 14.4. The van der Waals surface area contributed by atoms with Crippen LogP contribution in [0.3, 0.4) is 0 Å². The maximum atomic E-state index is 12.4. The maximum Gasteiger partial charge on any atom is 0.269 e. The smallest absolute Gasteiger partial charge is 0.269 e. The minimum atomic E-state index is -0.506. The SMILES string of the molecule is Cc1cc(NC(=O)CCC2CCCCC2)ccc1NC(=O)c1ccc([N+](=O)[O-])cc1. The van der Waals surface area contributed by atoms with Crippen molar-refractivity contribution >= 4 is 28.9 Å². The van der Waals surface area contributed by atoms with E-state index in [1.54, 1.807) is 12.1 Å². The summed E-state index contributed by atoms with van der Waals surface area (Å²) < 4.78 is 0. The fourth-order valence-electron chi connectivity index (χ4n) is 3.85. The fraction of sp³-hybridized carbons (Fsp3) is 0.391. The highest BCUT2D eigenvalue weighted by atomic mass is 16.6. The van der Waals surface area contributed by atoms with Gasteiger partial charge in [-0.05, 0) is 55.2 Å². The lowest BCUT2D eigenvalue weighted by atomic mass is 9.86. The number of benzene rings is 2. The summed E-state index contributed by atoms with van der Waals surface area (Å²) in [5, 5.41) is 16.5. The molecule has 7 nitrogen and oxygen atoms in total. The molecule has 0 spiro atoms. The molecule has 2 aromatic rings. The first-order valence-corrected chi connectivity index (χ1v) is 10.4. The first-order valence-electron chi connectivity index (χ1n) is 10.4. The normalized spacial score (nSPS) is 14.2. The number of nitrogens with one attached hydrogen (secondary N) is 2. The van der Waals surface area contributed by atoms with Crippen LogP contribution in [0, 0.1) is 23.0 Å². The molecule has 0 atom stereocenters. The summed E-state index contributed by atoms with van der Waals surface area (Å²) in [5.74, 6) is 0.336. The zero-order valence-electron chi connectivity index (χ0n) is 17.1. The van der Waals surface area contributed by atoms with E-state index in [4.69, 9.17) is 0 Å². The standard InChI is InChI=1S/C23H27N3O4/c1-16-15-19(24-22(27)14-7-17-5-3-2-4-6-17)10-13-21(16)25-23(28)18-8-11-20(12-9-18)26(29)30/h8-13,15,17H,2-7,14H2,1H3,(H,24,27)(H,25,28). The second kappa shape index (κ2) is 10.0. The Kier molecular flexibility index (Phi) is 7.17. The molecule has 2 aromatic carbocycles. The van der Waals surface area contributed by atoms with E-state index in [9.17, 15) is 19.7 Å². The summed E-state index contributed by atoms with van der Waals surface area (Å²) in [5.41, 5.74) is 2.41. The molecule has 0 unspecified atom stereocenters. The average molecular weight is 409 g/mol. The zero-order valence-corrected chi connectivity index (χ0v) is 17.1. The van der Waals surface area contributed by atoms with Crippen molar-refractivity contribution in [3.05, 3.63) is 63.7 Å². The predicted octanol–water partition coefficient (Wildman–Crippen LogP) is 5.45. The second-order valence-electron chi connectivity index (χ2n) is 7.88. The molecule has 2 amide bonds. The van der Waals surface area contributed by atoms with Crippen molar-refractivity contribution < 1.29 is 14.5 Å². The summed E-state index contributed by atoms with van der Waals surface area (Å²) in [7, 11) is 0. The molecule has 0 radical (unpaired) electrons. The van der Waals surface area contributed by atoms with Crippen molar-refractivity contribution in [3.63, 3.8) is 0 Å². The zero-order chi connectivity index (χ0) is 21.5. The summed E-state index contributed by atoms with van der Waals surface area (Å²) >= 11 is 0. The van der Waals surface area contributed by atoms with Gasteiger partial charge in [0.2, 0.25) is 5.91 Å². The van der Waals surface area contributed by atoms with E-state index >= 15 is 0 Å². The van der Waals surface area contributed by atoms with Crippen LogP contribution in [0.2, 0.25) is 0 Å². The van der Waals surface area contributed by atoms with Gasteiger partial charge in [-0.1, -0.05) is 32.1 Å². The third-order valence-corrected chi connectivity index (χ3v) is 5.60. The highest BCUT2D eigenvalue weighted by Crippen LogP contribution is 2.27. The third kappa shape index (κ3) is 5.89. The van der Waals surface area contributed by atoms with E-state index in [-0.39, 0.29) is 17.5 Å². The molecule has 0 aromatic heterocycles. The number of non-ortho nitro benzene ring substituents is 1. The molecule has 0 aliphatic heterocycles. The number of nitrogens with zero attached hydrogens (tertiary/aromatic N) is 1. The number of nitro benzene ring substituents is 1. The van der Waals surface area contributed by atoms with E-state index in [2.05, 4.69) is 10.6 Å². The number of hydrogen-bond acceptors (Lipinski definition) is 4. The van der Waals surface area contributed by atoms with Crippen molar-refractivity contribution in [2.75, 3.05) is 10.6 Å². The molecule has 1 aliphatic carbocycles. The minimum Gasteiger partial charge on any atom is -0.326 e. The molecule has 2 N–H and O–H groups in total. The maximum absolute atomic E-state index is 12.4. The van der Waals surface area contributed by atoms with Gasteiger partial charge < -0.3 is 10.6 Å². The van der Waals surface area contributed by atoms with Crippen LogP contribution in [0.25, 0.3) is 0 Å². The topological polar surface area (TPSA) is 101 Å². The second-order valence-corrected chi connectivity index (χ2v) is 7.88. The number of rotatable bonds is 7. The molecule has 0 bridgehead atoms. The van der Waals surface area contributed by atoms with Crippen LogP contribution < -0.4 is 10.6 Å². The Morgan fingerprint density at radius 2 is 1.73 bits per heavy atom. The van der Waals surface area contributed by atoms with Gasteiger partial charge in [-0.15, -0.1) is 0 Å². The quantitative estimate of drug-likeness (QED) is 0.468. The summed E-state index contributed by atoms with van der Waals surface area (Å²) in [6.45, 7) is 1.85. The average Bonchev–Trinajstić information content (AvgIpc) is 2.75. The fourth-order valence-corrected chi connectivity index (χ4v) is 3.85. The molecule has 158 valence electrons. The van der Waals surface area contributed by atoms with Gasteiger partial charge in [-0.2, -0.15) is 0 Å². The Labute approximate surface area is 176 Å². The third-order valence-electron chi connectivity index (χ3n) is 5.60.